The zero-order valence-electron chi connectivity index (χ0n) is 13.6. The first-order chi connectivity index (χ1) is 11.0. The van der Waals surface area contributed by atoms with E-state index < -0.39 is 0 Å². The summed E-state index contributed by atoms with van der Waals surface area (Å²) in [5.41, 5.74) is 1.43. The maximum Gasteiger partial charge on any atom is 0.227 e. The highest BCUT2D eigenvalue weighted by atomic mass is 16.2. The first-order valence-electron chi connectivity index (χ1n) is 7.97. The average molecular weight is 317 g/mol. The predicted molar refractivity (Wildman–Crippen MR) is 89.1 cm³/mol. The SMILES string of the molecule is CCCCNC(=O)C1CC(=O)N(c2ccc(NC(C)=O)cc2)C1. The van der Waals surface area contributed by atoms with Crippen molar-refractivity contribution in [2.45, 2.75) is 33.1 Å². The van der Waals surface area contributed by atoms with Gasteiger partial charge in [0.15, 0.2) is 0 Å². The summed E-state index contributed by atoms with van der Waals surface area (Å²) in [4.78, 5) is 36.9. The molecule has 0 saturated carbocycles. The van der Waals surface area contributed by atoms with Crippen molar-refractivity contribution >= 4 is 29.1 Å². The molecule has 0 aliphatic carbocycles. The fraction of sp³-hybridized carbons (Fsp3) is 0.471. The summed E-state index contributed by atoms with van der Waals surface area (Å²) in [5.74, 6) is -0.537. The number of nitrogens with zero attached hydrogens (tertiary/aromatic N) is 1. The number of hydrogen-bond donors (Lipinski definition) is 2. The van der Waals surface area contributed by atoms with Crippen molar-refractivity contribution in [3.8, 4) is 0 Å². The van der Waals surface area contributed by atoms with E-state index in [4.69, 9.17) is 0 Å². The standard InChI is InChI=1S/C17H23N3O3/c1-3-4-9-18-17(23)13-10-16(22)20(11-13)15-7-5-14(6-8-15)19-12(2)21/h5-8,13H,3-4,9-11H2,1-2H3,(H,18,23)(H,19,21). The van der Waals surface area contributed by atoms with Gasteiger partial charge in [-0.1, -0.05) is 13.3 Å². The van der Waals surface area contributed by atoms with Crippen LogP contribution < -0.4 is 15.5 Å². The van der Waals surface area contributed by atoms with Crippen LogP contribution in [0.4, 0.5) is 11.4 Å². The molecule has 1 atom stereocenters. The Hall–Kier alpha value is -2.37. The summed E-state index contributed by atoms with van der Waals surface area (Å²) >= 11 is 0. The second kappa shape index (κ2) is 7.76. The molecule has 0 radical (unpaired) electrons. The molecule has 2 rings (SSSR count). The Morgan fingerprint density at radius 2 is 1.96 bits per heavy atom. The van der Waals surface area contributed by atoms with E-state index in [0.29, 0.717) is 18.8 Å². The van der Waals surface area contributed by atoms with Gasteiger partial charge >= 0.3 is 0 Å². The van der Waals surface area contributed by atoms with Crippen LogP contribution in [0.15, 0.2) is 24.3 Å². The average Bonchev–Trinajstić information content (AvgIpc) is 2.90. The lowest BCUT2D eigenvalue weighted by Crippen LogP contribution is -2.33. The molecular formula is C17H23N3O3. The molecule has 1 aliphatic heterocycles. The van der Waals surface area contributed by atoms with Gasteiger partial charge in [-0.25, -0.2) is 0 Å². The summed E-state index contributed by atoms with van der Waals surface area (Å²) in [7, 11) is 0. The van der Waals surface area contributed by atoms with Crippen LogP contribution in [-0.2, 0) is 14.4 Å². The van der Waals surface area contributed by atoms with Crippen molar-refractivity contribution in [1.29, 1.82) is 0 Å². The summed E-state index contributed by atoms with van der Waals surface area (Å²) in [6.45, 7) is 4.57. The van der Waals surface area contributed by atoms with Gasteiger partial charge in [-0.2, -0.15) is 0 Å². The molecule has 124 valence electrons. The van der Waals surface area contributed by atoms with Gasteiger partial charge in [-0.05, 0) is 30.7 Å². The number of carbonyl (C=O) groups excluding carboxylic acids is 3. The number of amides is 3. The molecule has 6 heteroatoms. The number of rotatable bonds is 6. The minimum atomic E-state index is -0.297. The fourth-order valence-electron chi connectivity index (χ4n) is 2.59. The molecule has 0 spiro atoms. The Kier molecular flexibility index (Phi) is 5.73. The molecule has 1 unspecified atom stereocenters. The highest BCUT2D eigenvalue weighted by molar-refractivity contribution is 6.00. The van der Waals surface area contributed by atoms with E-state index in [9.17, 15) is 14.4 Å². The van der Waals surface area contributed by atoms with Crippen molar-refractivity contribution in [1.82, 2.24) is 5.32 Å². The normalized spacial score (nSPS) is 17.2. The lowest BCUT2D eigenvalue weighted by Gasteiger charge is -2.17. The third-order valence-corrected chi connectivity index (χ3v) is 3.82. The fourth-order valence-corrected chi connectivity index (χ4v) is 2.59. The van der Waals surface area contributed by atoms with Crippen LogP contribution in [0.5, 0.6) is 0 Å². The molecule has 23 heavy (non-hydrogen) atoms. The molecule has 1 fully saturated rings. The van der Waals surface area contributed by atoms with E-state index in [-0.39, 0.29) is 30.1 Å². The van der Waals surface area contributed by atoms with Crippen LogP contribution >= 0.6 is 0 Å². The number of unbranched alkanes of at least 4 members (excludes halogenated alkanes) is 1. The second-order valence-corrected chi connectivity index (χ2v) is 5.78. The molecule has 0 aromatic heterocycles. The minimum Gasteiger partial charge on any atom is -0.356 e. The Morgan fingerprint density at radius 1 is 1.26 bits per heavy atom. The van der Waals surface area contributed by atoms with Crippen molar-refractivity contribution in [2.24, 2.45) is 5.92 Å². The summed E-state index contributed by atoms with van der Waals surface area (Å²) in [6.07, 6.45) is 2.21. The highest BCUT2D eigenvalue weighted by Gasteiger charge is 2.34. The molecule has 1 aliphatic rings. The van der Waals surface area contributed by atoms with Gasteiger partial charge in [-0.3, -0.25) is 14.4 Å². The van der Waals surface area contributed by atoms with Crippen LogP contribution in [0.2, 0.25) is 0 Å². The second-order valence-electron chi connectivity index (χ2n) is 5.78. The molecule has 0 bridgehead atoms. The molecule has 3 amide bonds. The number of nitrogens with one attached hydrogen (secondary N) is 2. The quantitative estimate of drug-likeness (QED) is 0.787. The smallest absolute Gasteiger partial charge is 0.227 e. The van der Waals surface area contributed by atoms with Crippen molar-refractivity contribution in [3.63, 3.8) is 0 Å². The Bertz CT molecular complexity index is 583. The molecule has 1 aromatic rings. The summed E-state index contributed by atoms with van der Waals surface area (Å²) < 4.78 is 0. The predicted octanol–water partition coefficient (Wildman–Crippen LogP) is 1.91. The third kappa shape index (κ3) is 4.55. The van der Waals surface area contributed by atoms with E-state index in [1.165, 1.54) is 6.92 Å². The topological polar surface area (TPSA) is 78.5 Å². The maximum atomic E-state index is 12.2. The van der Waals surface area contributed by atoms with Gasteiger partial charge in [0.05, 0.1) is 5.92 Å². The zero-order valence-corrected chi connectivity index (χ0v) is 13.6. The van der Waals surface area contributed by atoms with Gasteiger partial charge in [0, 0.05) is 37.8 Å². The molecule has 1 aromatic carbocycles. The molecule has 6 nitrogen and oxygen atoms in total. The van der Waals surface area contributed by atoms with Crippen molar-refractivity contribution in [2.75, 3.05) is 23.3 Å². The first kappa shape index (κ1) is 17.0. The number of benzene rings is 1. The summed E-state index contributed by atoms with van der Waals surface area (Å²) in [6, 6.07) is 7.05. The minimum absolute atomic E-state index is 0.0482. The number of anilines is 2. The van der Waals surface area contributed by atoms with E-state index in [1.807, 2.05) is 0 Å². The van der Waals surface area contributed by atoms with Crippen LogP contribution in [0.25, 0.3) is 0 Å². The van der Waals surface area contributed by atoms with E-state index in [1.54, 1.807) is 29.2 Å². The van der Waals surface area contributed by atoms with Crippen LogP contribution in [0.1, 0.15) is 33.1 Å². The maximum absolute atomic E-state index is 12.2. The molecule has 2 N–H and O–H groups in total. The van der Waals surface area contributed by atoms with E-state index >= 15 is 0 Å². The van der Waals surface area contributed by atoms with Crippen LogP contribution in [-0.4, -0.2) is 30.8 Å². The third-order valence-electron chi connectivity index (χ3n) is 3.82. The highest BCUT2D eigenvalue weighted by Crippen LogP contribution is 2.26. The van der Waals surface area contributed by atoms with Gasteiger partial charge < -0.3 is 15.5 Å². The molecule has 1 saturated heterocycles. The largest absolute Gasteiger partial charge is 0.356 e. The summed E-state index contributed by atoms with van der Waals surface area (Å²) in [5, 5.41) is 5.57. The van der Waals surface area contributed by atoms with Crippen molar-refractivity contribution < 1.29 is 14.4 Å². The van der Waals surface area contributed by atoms with E-state index in [2.05, 4.69) is 17.6 Å². The molecule has 1 heterocycles. The van der Waals surface area contributed by atoms with Crippen LogP contribution in [0.3, 0.4) is 0 Å². The van der Waals surface area contributed by atoms with Gasteiger partial charge in [0.2, 0.25) is 17.7 Å². The van der Waals surface area contributed by atoms with Crippen LogP contribution in [0, 0.1) is 5.92 Å². The van der Waals surface area contributed by atoms with Gasteiger partial charge in [0.1, 0.15) is 0 Å². The number of carbonyl (C=O) groups is 3. The lowest BCUT2D eigenvalue weighted by molar-refractivity contribution is -0.126. The monoisotopic (exact) mass is 317 g/mol. The molecular weight excluding hydrogens is 294 g/mol. The van der Waals surface area contributed by atoms with Gasteiger partial charge in [0.25, 0.3) is 0 Å². The zero-order chi connectivity index (χ0) is 16.8. The number of hydrogen-bond acceptors (Lipinski definition) is 3. The Morgan fingerprint density at radius 3 is 2.57 bits per heavy atom. The van der Waals surface area contributed by atoms with Crippen molar-refractivity contribution in [3.05, 3.63) is 24.3 Å². The Labute approximate surface area is 136 Å². The van der Waals surface area contributed by atoms with Gasteiger partial charge in [-0.15, -0.1) is 0 Å². The lowest BCUT2D eigenvalue weighted by atomic mass is 10.1. The first-order valence-corrected chi connectivity index (χ1v) is 7.97. The Balaban J connectivity index is 1.97. The van der Waals surface area contributed by atoms with E-state index in [0.717, 1.165) is 18.5 Å².